The lowest BCUT2D eigenvalue weighted by Crippen LogP contribution is -2.13. The molecule has 0 unspecified atom stereocenters. The Morgan fingerprint density at radius 3 is 2.55 bits per heavy atom. The van der Waals surface area contributed by atoms with Crippen LogP contribution in [0.3, 0.4) is 0 Å². The molecule has 0 atom stereocenters. The van der Waals surface area contributed by atoms with Crippen molar-refractivity contribution in [3.8, 4) is 11.5 Å². The molecule has 0 aliphatic rings. The minimum Gasteiger partial charge on any atom is -0.493 e. The maximum atomic E-state index is 13.7. The molecule has 1 amide bonds. The summed E-state index contributed by atoms with van der Waals surface area (Å²) in [4.78, 5) is 16.7. The zero-order valence-electron chi connectivity index (χ0n) is 16.2. The van der Waals surface area contributed by atoms with Crippen molar-refractivity contribution in [1.82, 2.24) is 4.98 Å². The molecule has 3 aromatic rings. The molecule has 0 bridgehead atoms. The van der Waals surface area contributed by atoms with Gasteiger partial charge >= 0.3 is 0 Å². The van der Waals surface area contributed by atoms with Crippen LogP contribution in [0.5, 0.6) is 11.5 Å². The minimum absolute atomic E-state index is 0.226. The predicted octanol–water partition coefficient (Wildman–Crippen LogP) is 4.14. The number of halogens is 1. The van der Waals surface area contributed by atoms with Gasteiger partial charge in [0.2, 0.25) is 0 Å². The van der Waals surface area contributed by atoms with E-state index in [2.05, 4.69) is 15.6 Å². The molecular weight excluding hydrogens is 373 g/mol. The first-order chi connectivity index (χ1) is 14.1. The normalized spacial score (nSPS) is 10.3. The monoisotopic (exact) mass is 395 g/mol. The fourth-order valence-corrected chi connectivity index (χ4v) is 2.82. The summed E-state index contributed by atoms with van der Waals surface area (Å²) in [5.41, 5.74) is 2.29. The third kappa shape index (κ3) is 5.22. The van der Waals surface area contributed by atoms with E-state index in [9.17, 15) is 9.18 Å². The number of hydrogen-bond donors (Lipinski definition) is 2. The zero-order chi connectivity index (χ0) is 20.6. The highest BCUT2D eigenvalue weighted by Crippen LogP contribution is 2.30. The van der Waals surface area contributed by atoms with Crippen LogP contribution in [0.25, 0.3) is 0 Å². The van der Waals surface area contributed by atoms with Crippen molar-refractivity contribution in [1.29, 1.82) is 0 Å². The number of nitrogens with one attached hydrogen (secondary N) is 2. The number of anilines is 2. The quantitative estimate of drug-likeness (QED) is 0.600. The fraction of sp³-hybridized carbons (Fsp3) is 0.182. The second-order valence-electron chi connectivity index (χ2n) is 6.25. The summed E-state index contributed by atoms with van der Waals surface area (Å²) in [6.45, 7) is 0.517. The second-order valence-corrected chi connectivity index (χ2v) is 6.25. The molecule has 3 rings (SSSR count). The van der Waals surface area contributed by atoms with E-state index in [1.165, 1.54) is 19.4 Å². The number of hydrogen-bond acceptors (Lipinski definition) is 5. The highest BCUT2D eigenvalue weighted by Gasteiger charge is 2.10. The number of methoxy groups -OCH3 is 2. The van der Waals surface area contributed by atoms with Crippen molar-refractivity contribution in [3.05, 3.63) is 77.9 Å². The molecule has 0 spiro atoms. The zero-order valence-corrected chi connectivity index (χ0v) is 16.2. The highest BCUT2D eigenvalue weighted by molar-refractivity contribution is 6.04. The number of pyridine rings is 1. The SMILES string of the molecule is COc1ccc(NC(=O)c2cncc(NCCc3ccccc3F)c2)cc1OC. The van der Waals surface area contributed by atoms with E-state index >= 15 is 0 Å². The lowest BCUT2D eigenvalue weighted by Gasteiger charge is -2.11. The van der Waals surface area contributed by atoms with Gasteiger partial charge in [-0.1, -0.05) is 18.2 Å². The molecule has 7 heteroatoms. The molecule has 0 saturated heterocycles. The van der Waals surface area contributed by atoms with Crippen LogP contribution in [0.4, 0.5) is 15.8 Å². The molecule has 0 aliphatic carbocycles. The van der Waals surface area contributed by atoms with Gasteiger partial charge in [0.05, 0.1) is 25.5 Å². The Hall–Kier alpha value is -3.61. The molecule has 29 heavy (non-hydrogen) atoms. The Balaban J connectivity index is 1.62. The van der Waals surface area contributed by atoms with Crippen LogP contribution in [0.1, 0.15) is 15.9 Å². The van der Waals surface area contributed by atoms with Gasteiger partial charge in [0, 0.05) is 30.7 Å². The lowest BCUT2D eigenvalue weighted by molar-refractivity contribution is 0.102. The summed E-state index contributed by atoms with van der Waals surface area (Å²) in [5, 5.41) is 5.98. The number of ether oxygens (including phenoxy) is 2. The molecular formula is C22H22FN3O3. The Labute approximate surface area is 168 Å². The van der Waals surface area contributed by atoms with Gasteiger partial charge in [0.25, 0.3) is 5.91 Å². The maximum absolute atomic E-state index is 13.7. The van der Waals surface area contributed by atoms with E-state index in [1.54, 1.807) is 55.8 Å². The van der Waals surface area contributed by atoms with E-state index in [1.807, 2.05) is 0 Å². The molecule has 0 aliphatic heterocycles. The molecule has 2 aromatic carbocycles. The predicted molar refractivity (Wildman–Crippen MR) is 110 cm³/mol. The Kier molecular flexibility index (Phi) is 6.63. The smallest absolute Gasteiger partial charge is 0.257 e. The number of amides is 1. The molecule has 150 valence electrons. The van der Waals surface area contributed by atoms with Gasteiger partial charge in [-0.15, -0.1) is 0 Å². The first kappa shape index (κ1) is 20.1. The van der Waals surface area contributed by atoms with Crippen molar-refractivity contribution < 1.29 is 18.7 Å². The van der Waals surface area contributed by atoms with Crippen LogP contribution in [0, 0.1) is 5.82 Å². The summed E-state index contributed by atoms with van der Waals surface area (Å²) < 4.78 is 24.1. The van der Waals surface area contributed by atoms with Crippen molar-refractivity contribution in [2.24, 2.45) is 0 Å². The molecule has 1 heterocycles. The number of carbonyl (C=O) groups excluding carboxylic acids is 1. The Morgan fingerprint density at radius 2 is 1.79 bits per heavy atom. The van der Waals surface area contributed by atoms with Crippen molar-refractivity contribution in [2.45, 2.75) is 6.42 Å². The number of benzene rings is 2. The number of aromatic nitrogens is 1. The highest BCUT2D eigenvalue weighted by atomic mass is 19.1. The average molecular weight is 395 g/mol. The first-order valence-electron chi connectivity index (χ1n) is 9.06. The maximum Gasteiger partial charge on any atom is 0.257 e. The molecule has 0 radical (unpaired) electrons. The molecule has 2 N–H and O–H groups in total. The number of rotatable bonds is 8. The first-order valence-corrected chi connectivity index (χ1v) is 9.06. The standard InChI is InChI=1S/C22H22FN3O3/c1-28-20-8-7-17(12-21(20)29-2)26-22(27)16-11-18(14-24-13-16)25-10-9-15-5-3-4-6-19(15)23/h3-8,11-14,25H,9-10H2,1-2H3,(H,26,27). The van der Waals surface area contributed by atoms with E-state index in [0.717, 1.165) is 0 Å². The van der Waals surface area contributed by atoms with Crippen LogP contribution in [-0.2, 0) is 6.42 Å². The van der Waals surface area contributed by atoms with Crippen LogP contribution in [0.15, 0.2) is 60.9 Å². The summed E-state index contributed by atoms with van der Waals surface area (Å²) in [6.07, 6.45) is 3.63. The minimum atomic E-state index is -0.303. The van der Waals surface area contributed by atoms with Gasteiger partial charge in [-0.2, -0.15) is 0 Å². The average Bonchev–Trinajstić information content (AvgIpc) is 2.75. The van der Waals surface area contributed by atoms with E-state index < -0.39 is 0 Å². The van der Waals surface area contributed by atoms with Crippen molar-refractivity contribution in [2.75, 3.05) is 31.4 Å². The van der Waals surface area contributed by atoms with Crippen molar-refractivity contribution >= 4 is 17.3 Å². The van der Waals surface area contributed by atoms with E-state index in [-0.39, 0.29) is 11.7 Å². The molecule has 0 fully saturated rings. The van der Waals surface area contributed by atoms with E-state index in [4.69, 9.17) is 9.47 Å². The van der Waals surface area contributed by atoms with Gasteiger partial charge in [0.1, 0.15) is 5.82 Å². The molecule has 6 nitrogen and oxygen atoms in total. The fourth-order valence-electron chi connectivity index (χ4n) is 2.82. The van der Waals surface area contributed by atoms with Crippen molar-refractivity contribution in [3.63, 3.8) is 0 Å². The number of carbonyl (C=O) groups is 1. The van der Waals surface area contributed by atoms with E-state index in [0.29, 0.717) is 47.0 Å². The van der Waals surface area contributed by atoms with Gasteiger partial charge in [-0.05, 0) is 36.2 Å². The van der Waals surface area contributed by atoms with Gasteiger partial charge in [-0.3, -0.25) is 9.78 Å². The van der Waals surface area contributed by atoms with Crippen LogP contribution >= 0.6 is 0 Å². The van der Waals surface area contributed by atoms with Gasteiger partial charge in [0.15, 0.2) is 11.5 Å². The Bertz CT molecular complexity index is 995. The summed E-state index contributed by atoms with van der Waals surface area (Å²) in [5.74, 6) is 0.568. The summed E-state index contributed by atoms with van der Waals surface area (Å²) in [6, 6.07) is 13.5. The lowest BCUT2D eigenvalue weighted by atomic mass is 10.1. The number of nitrogens with zero attached hydrogens (tertiary/aromatic N) is 1. The second kappa shape index (κ2) is 9.54. The molecule has 1 aromatic heterocycles. The Morgan fingerprint density at radius 1 is 1.00 bits per heavy atom. The molecule has 0 saturated carbocycles. The van der Waals surface area contributed by atoms with Gasteiger partial charge < -0.3 is 20.1 Å². The summed E-state index contributed by atoms with van der Waals surface area (Å²) in [7, 11) is 3.08. The third-order valence-electron chi connectivity index (χ3n) is 4.32. The largest absolute Gasteiger partial charge is 0.493 e. The van der Waals surface area contributed by atoms with Crippen LogP contribution in [0.2, 0.25) is 0 Å². The summed E-state index contributed by atoms with van der Waals surface area (Å²) >= 11 is 0. The third-order valence-corrected chi connectivity index (χ3v) is 4.32. The van der Waals surface area contributed by atoms with Gasteiger partial charge in [-0.25, -0.2) is 4.39 Å². The topological polar surface area (TPSA) is 72.5 Å². The van der Waals surface area contributed by atoms with Crippen LogP contribution < -0.4 is 20.1 Å². The van der Waals surface area contributed by atoms with Crippen LogP contribution in [-0.4, -0.2) is 31.7 Å².